The molecule has 2 aliphatic rings. The number of aryl methyl sites for hydroxylation is 1. The molecule has 0 radical (unpaired) electrons. The van der Waals surface area contributed by atoms with Crippen molar-refractivity contribution in [2.24, 2.45) is 0 Å². The van der Waals surface area contributed by atoms with Gasteiger partial charge in [0.25, 0.3) is 5.91 Å². The van der Waals surface area contributed by atoms with E-state index in [4.69, 9.17) is 5.10 Å². The molecule has 4 heterocycles. The Labute approximate surface area is 338 Å². The van der Waals surface area contributed by atoms with Crippen molar-refractivity contribution in [2.75, 3.05) is 62.9 Å². The van der Waals surface area contributed by atoms with Crippen LogP contribution in [-0.4, -0.2) is 120 Å². The summed E-state index contributed by atoms with van der Waals surface area (Å²) in [5.74, 6) is -0.681. The molecule has 5 amide bonds. The van der Waals surface area contributed by atoms with Crippen LogP contribution in [0.15, 0.2) is 42.9 Å². The lowest BCUT2D eigenvalue weighted by Gasteiger charge is -2.32. The topological polar surface area (TPSA) is 174 Å². The van der Waals surface area contributed by atoms with Crippen molar-refractivity contribution in [1.29, 1.82) is 0 Å². The van der Waals surface area contributed by atoms with Crippen molar-refractivity contribution >= 4 is 47.0 Å². The Morgan fingerprint density at radius 2 is 1.79 bits per heavy atom. The van der Waals surface area contributed by atoms with Gasteiger partial charge in [-0.2, -0.15) is 10.2 Å². The van der Waals surface area contributed by atoms with Crippen molar-refractivity contribution in [3.8, 4) is 11.3 Å². The smallest absolute Gasteiger partial charge is 0.317 e. The molecule has 3 aromatic heterocycles. The van der Waals surface area contributed by atoms with Crippen molar-refractivity contribution in [3.63, 3.8) is 0 Å². The van der Waals surface area contributed by atoms with Crippen molar-refractivity contribution in [1.82, 2.24) is 45.2 Å². The number of imidazole rings is 1. The summed E-state index contributed by atoms with van der Waals surface area (Å²) in [4.78, 5) is 58.7. The average Bonchev–Trinajstić information content (AvgIpc) is 3.55. The summed E-state index contributed by atoms with van der Waals surface area (Å²) in [6, 6.07) is 8.20. The highest BCUT2D eigenvalue weighted by molar-refractivity contribution is 5.94. The van der Waals surface area contributed by atoms with Crippen LogP contribution < -0.4 is 31.1 Å². The van der Waals surface area contributed by atoms with E-state index in [1.165, 1.54) is 16.3 Å². The minimum Gasteiger partial charge on any atom is -0.385 e. The quantitative estimate of drug-likeness (QED) is 0.0778. The van der Waals surface area contributed by atoms with Crippen molar-refractivity contribution < 1.29 is 23.6 Å². The molecular formula is C41H57FN12O4. The first-order valence-corrected chi connectivity index (χ1v) is 20.3. The fourth-order valence-corrected chi connectivity index (χ4v) is 7.41. The zero-order valence-electron chi connectivity index (χ0n) is 34.2. The van der Waals surface area contributed by atoms with Crippen LogP contribution in [0.25, 0.3) is 16.9 Å². The van der Waals surface area contributed by atoms with Crippen LogP contribution in [0.1, 0.15) is 86.8 Å². The summed E-state index contributed by atoms with van der Waals surface area (Å²) in [5, 5.41) is 20.5. The van der Waals surface area contributed by atoms with E-state index in [0.29, 0.717) is 62.3 Å². The number of alkyl halides is 1. The second-order valence-electron chi connectivity index (χ2n) is 15.6. The number of hydrogen-bond acceptors (Lipinski definition) is 10. The highest BCUT2D eigenvalue weighted by Gasteiger charge is 2.39. The summed E-state index contributed by atoms with van der Waals surface area (Å²) < 4.78 is 16.9. The number of nitrogens with zero attached hydrogens (tertiary/aromatic N) is 8. The third-order valence-electron chi connectivity index (χ3n) is 11.3. The lowest BCUT2D eigenvalue weighted by molar-refractivity contribution is -0.125. The number of hydrogen-bond donors (Lipinski definition) is 4. The van der Waals surface area contributed by atoms with Crippen LogP contribution in [0.2, 0.25) is 0 Å². The lowest BCUT2D eigenvalue weighted by Crippen LogP contribution is -2.45. The number of carbonyl (C=O) groups excluding carboxylic acids is 4. The van der Waals surface area contributed by atoms with Crippen LogP contribution in [0.3, 0.4) is 0 Å². The summed E-state index contributed by atoms with van der Waals surface area (Å²) in [6.45, 7) is 3.99. The summed E-state index contributed by atoms with van der Waals surface area (Å²) in [5.41, 5.74) is 6.33. The van der Waals surface area contributed by atoms with Gasteiger partial charge in [-0.25, -0.2) is 18.7 Å². The molecule has 4 N–H and O–H groups in total. The first-order valence-electron chi connectivity index (χ1n) is 20.3. The maximum absolute atomic E-state index is 13.4. The molecule has 17 heteroatoms. The largest absolute Gasteiger partial charge is 0.385 e. The number of unbranched alkanes of at least 4 members (excludes halogenated alkanes) is 3. The Morgan fingerprint density at radius 3 is 2.50 bits per heavy atom. The Morgan fingerprint density at radius 1 is 1.03 bits per heavy atom. The number of likely N-dealkylation sites (tertiary alicyclic amines) is 1. The minimum atomic E-state index is -1.01. The summed E-state index contributed by atoms with van der Waals surface area (Å²) >= 11 is 0. The Kier molecular flexibility index (Phi) is 13.8. The number of imide groups is 1. The molecule has 0 spiro atoms. The standard InChI is InChI=1S/C41H57FN12O4/c1-27(11-14-38(56)46-26-55)51(5)35-13-12-28(20-36(35)50(3)4)10-8-6-7-9-17-44-41(58)52-18-15-30(16-19-52)53-25-29(23-47-53)32-22-34(43-2)39-45-24-37(54(39)49-32)40(57)48-33-21-31(33)42/h12-13,20,22-27,30-31,33,43H,6-11,14-19,21H2,1-5H3,(H,44,58)(H,48,57)(H,46,55,56)/t27?,31-,33+/m0/s1. The molecule has 1 aliphatic heterocycles. The summed E-state index contributed by atoms with van der Waals surface area (Å²) in [7, 11) is 7.89. The van der Waals surface area contributed by atoms with Crippen LogP contribution >= 0.6 is 0 Å². The van der Waals surface area contributed by atoms with Crippen molar-refractivity contribution in [2.45, 2.75) is 95.4 Å². The molecular weight excluding hydrogens is 744 g/mol. The summed E-state index contributed by atoms with van der Waals surface area (Å²) in [6.07, 6.45) is 12.4. The number of carbonyl (C=O) groups is 4. The molecule has 58 heavy (non-hydrogen) atoms. The number of nitrogens with one attached hydrogen (secondary N) is 4. The normalized spacial score (nSPS) is 17.1. The van der Waals surface area contributed by atoms with E-state index < -0.39 is 18.1 Å². The predicted molar refractivity (Wildman–Crippen MR) is 222 cm³/mol. The first kappa shape index (κ1) is 41.9. The molecule has 16 nitrogen and oxygen atoms in total. The molecule has 1 aromatic carbocycles. The second-order valence-corrected chi connectivity index (χ2v) is 15.6. The molecule has 4 aromatic rings. The molecule has 6 rings (SSSR count). The monoisotopic (exact) mass is 800 g/mol. The van der Waals surface area contributed by atoms with E-state index in [2.05, 4.69) is 66.3 Å². The predicted octanol–water partition coefficient (Wildman–Crippen LogP) is 4.57. The van der Waals surface area contributed by atoms with Crippen LogP contribution in [-0.2, 0) is 16.0 Å². The number of urea groups is 1. The average molecular weight is 801 g/mol. The zero-order valence-corrected chi connectivity index (χ0v) is 34.2. The van der Waals surface area contributed by atoms with Gasteiger partial charge in [0.15, 0.2) is 11.3 Å². The van der Waals surface area contributed by atoms with Gasteiger partial charge in [0, 0.05) is 78.5 Å². The van der Waals surface area contributed by atoms with Gasteiger partial charge in [-0.15, -0.1) is 0 Å². The van der Waals surface area contributed by atoms with E-state index in [1.807, 2.05) is 43.0 Å². The number of piperidine rings is 1. The van der Waals surface area contributed by atoms with Gasteiger partial charge in [-0.1, -0.05) is 18.9 Å². The molecule has 1 unspecified atom stereocenters. The number of aromatic nitrogens is 5. The third kappa shape index (κ3) is 10.2. The number of halogens is 1. The number of rotatable bonds is 19. The van der Waals surface area contributed by atoms with Crippen LogP contribution in [0.4, 0.5) is 26.2 Å². The van der Waals surface area contributed by atoms with Gasteiger partial charge in [-0.05, 0) is 69.2 Å². The Hall–Kier alpha value is -5.74. The van der Waals surface area contributed by atoms with Crippen LogP contribution in [0, 0.1) is 0 Å². The second kappa shape index (κ2) is 19.1. The molecule has 312 valence electrons. The highest BCUT2D eigenvalue weighted by Crippen LogP contribution is 2.32. The molecule has 1 saturated carbocycles. The van der Waals surface area contributed by atoms with Gasteiger partial charge in [0.2, 0.25) is 12.3 Å². The van der Waals surface area contributed by atoms with Crippen LogP contribution in [0.5, 0.6) is 0 Å². The SMILES string of the molecule is CNc1cc(-c2cnn(C3CCN(C(=O)NCCCCCCc4ccc(N(C)C(C)CCC(=O)NC=O)c(N(C)C)c4)CC3)c2)nn2c(C(=O)N[C@@H]3C[C@@H]3F)cnc12. The maximum Gasteiger partial charge on any atom is 0.317 e. The van der Waals surface area contributed by atoms with Gasteiger partial charge in [0.1, 0.15) is 6.17 Å². The molecule has 2 fully saturated rings. The molecule has 3 atom stereocenters. The van der Waals surface area contributed by atoms with E-state index in [0.717, 1.165) is 61.9 Å². The van der Waals surface area contributed by atoms with Gasteiger partial charge in [0.05, 0.1) is 47.2 Å². The molecule has 0 bridgehead atoms. The van der Waals surface area contributed by atoms with E-state index in [9.17, 15) is 23.6 Å². The van der Waals surface area contributed by atoms with E-state index in [1.54, 1.807) is 13.2 Å². The molecule has 1 saturated heterocycles. The van der Waals surface area contributed by atoms with Gasteiger partial charge < -0.3 is 30.7 Å². The van der Waals surface area contributed by atoms with E-state index >= 15 is 0 Å². The number of amides is 5. The Bertz CT molecular complexity index is 2060. The van der Waals surface area contributed by atoms with Gasteiger partial charge in [-0.3, -0.25) is 24.4 Å². The zero-order chi connectivity index (χ0) is 41.3. The van der Waals surface area contributed by atoms with Gasteiger partial charge >= 0.3 is 6.03 Å². The van der Waals surface area contributed by atoms with Crippen molar-refractivity contribution in [3.05, 3.63) is 54.1 Å². The fourth-order valence-electron chi connectivity index (χ4n) is 7.41. The van der Waals surface area contributed by atoms with E-state index in [-0.39, 0.29) is 29.7 Å². The number of benzene rings is 1. The highest BCUT2D eigenvalue weighted by atomic mass is 19.1. The number of anilines is 3. The Balaban J connectivity index is 0.909. The fraction of sp³-hybridized carbons (Fsp3) is 0.537. The molecule has 1 aliphatic carbocycles. The minimum absolute atomic E-state index is 0.0274. The third-order valence-corrected chi connectivity index (χ3v) is 11.3. The first-order chi connectivity index (χ1) is 28.0. The lowest BCUT2D eigenvalue weighted by atomic mass is 10.0. The number of fused-ring (bicyclic) bond motifs is 1. The maximum atomic E-state index is 13.4.